The van der Waals surface area contributed by atoms with Gasteiger partial charge < -0.3 is 0 Å². The van der Waals surface area contributed by atoms with Gasteiger partial charge in [-0.25, -0.2) is 0 Å². The van der Waals surface area contributed by atoms with Gasteiger partial charge in [-0.1, -0.05) is 96.7 Å². The van der Waals surface area contributed by atoms with Crippen LogP contribution in [0.2, 0.25) is 0 Å². The summed E-state index contributed by atoms with van der Waals surface area (Å²) in [6, 6.07) is 13.7. The van der Waals surface area contributed by atoms with Crippen molar-refractivity contribution in [2.24, 2.45) is 0 Å². The second-order valence-electron chi connectivity index (χ2n) is 8.27. The maximum absolute atomic E-state index is 4.11. The lowest BCUT2D eigenvalue weighted by Gasteiger charge is -2.26. The van der Waals surface area contributed by atoms with Crippen LogP contribution in [-0.2, 0) is 10.8 Å². The molecule has 0 unspecified atom stereocenters. The van der Waals surface area contributed by atoms with Crippen LogP contribution in [0.15, 0.2) is 66.8 Å². The number of hydrogen-bond acceptors (Lipinski definition) is 0. The van der Waals surface area contributed by atoms with Gasteiger partial charge in [0.05, 0.1) is 0 Å². The molecule has 0 saturated carbocycles. The Hall–Kier alpha value is -2.34. The topological polar surface area (TPSA) is 0 Å². The molecule has 0 radical (unpaired) electrons. The summed E-state index contributed by atoms with van der Waals surface area (Å²) in [4.78, 5) is 0. The van der Waals surface area contributed by atoms with E-state index in [2.05, 4.69) is 89.7 Å². The second kappa shape index (κ2) is 6.68. The van der Waals surface area contributed by atoms with Crippen molar-refractivity contribution < 1.29 is 0 Å². The van der Waals surface area contributed by atoms with Gasteiger partial charge in [0.15, 0.2) is 0 Å². The average Bonchev–Trinajstić information content (AvgIpc) is 3.02. The number of hydrogen-bond donors (Lipinski definition) is 0. The Morgan fingerprint density at radius 1 is 0.778 bits per heavy atom. The van der Waals surface area contributed by atoms with Gasteiger partial charge in [-0.15, -0.1) is 0 Å². The molecule has 0 aliphatic heterocycles. The summed E-state index contributed by atoms with van der Waals surface area (Å²) in [5.74, 6) is 0. The SMILES string of the molecule is C=CC1=C(/C=C\C)C(C)(C)c2cc3c(cc21)-c1ccccc1C3(C)C.CC. The maximum atomic E-state index is 4.11. The summed E-state index contributed by atoms with van der Waals surface area (Å²) in [5.41, 5.74) is 11.1. The standard InChI is InChI=1S/C25H26.C2H6/c1-7-11-20-16(8-2)18-14-19-17-12-9-10-13-21(17)25(5,6)23(19)15-22(18)24(20,3)4;1-2/h7-15H,2H2,1,3-6H3;1-2H3/b11-7-;. The predicted octanol–water partition coefficient (Wildman–Crippen LogP) is 7.83. The summed E-state index contributed by atoms with van der Waals surface area (Å²) >= 11 is 0. The normalized spacial score (nSPS) is 17.9. The van der Waals surface area contributed by atoms with Crippen LogP contribution in [0.4, 0.5) is 0 Å². The molecule has 0 atom stereocenters. The Balaban J connectivity index is 0.00000102. The van der Waals surface area contributed by atoms with Crippen molar-refractivity contribution in [3.8, 4) is 11.1 Å². The van der Waals surface area contributed by atoms with Crippen LogP contribution in [-0.4, -0.2) is 0 Å². The monoisotopic (exact) mass is 356 g/mol. The third kappa shape index (κ3) is 2.57. The Bertz CT molecular complexity index is 962. The molecule has 2 aliphatic rings. The molecule has 2 aliphatic carbocycles. The first kappa shape index (κ1) is 19.4. The van der Waals surface area contributed by atoms with Crippen LogP contribution in [0.1, 0.15) is 70.7 Å². The molecule has 140 valence electrons. The Kier molecular flexibility index (Phi) is 4.80. The molecule has 2 aromatic rings. The van der Waals surface area contributed by atoms with E-state index in [4.69, 9.17) is 0 Å². The van der Waals surface area contributed by atoms with E-state index >= 15 is 0 Å². The lowest BCUT2D eigenvalue weighted by molar-refractivity contribution is 0.635. The highest BCUT2D eigenvalue weighted by molar-refractivity contribution is 5.92. The molecule has 4 rings (SSSR count). The highest BCUT2D eigenvalue weighted by Crippen LogP contribution is 2.54. The highest BCUT2D eigenvalue weighted by Gasteiger charge is 2.41. The van der Waals surface area contributed by atoms with Crippen LogP contribution < -0.4 is 0 Å². The summed E-state index contributed by atoms with van der Waals surface area (Å²) < 4.78 is 0. The zero-order valence-electron chi connectivity index (χ0n) is 17.9. The molecule has 0 aromatic heterocycles. The van der Waals surface area contributed by atoms with Crippen LogP contribution >= 0.6 is 0 Å². The quantitative estimate of drug-likeness (QED) is 0.514. The minimum Gasteiger partial charge on any atom is -0.0984 e. The predicted molar refractivity (Wildman–Crippen MR) is 120 cm³/mol. The van der Waals surface area contributed by atoms with E-state index in [1.807, 2.05) is 19.9 Å². The Morgan fingerprint density at radius 2 is 1.41 bits per heavy atom. The largest absolute Gasteiger partial charge is 0.0984 e. The molecule has 0 N–H and O–H groups in total. The summed E-state index contributed by atoms with van der Waals surface area (Å²) in [5, 5.41) is 0. The van der Waals surface area contributed by atoms with E-state index in [1.54, 1.807) is 0 Å². The fourth-order valence-electron chi connectivity index (χ4n) is 4.80. The molecule has 0 heteroatoms. The first-order valence-electron chi connectivity index (χ1n) is 10.1. The molecule has 0 amide bonds. The summed E-state index contributed by atoms with van der Waals surface area (Å²) in [6.07, 6.45) is 6.42. The summed E-state index contributed by atoms with van der Waals surface area (Å²) in [7, 11) is 0. The van der Waals surface area contributed by atoms with Gasteiger partial charge in [0.1, 0.15) is 0 Å². The molecule has 0 spiro atoms. The third-order valence-corrected chi connectivity index (χ3v) is 6.19. The smallest absolute Gasteiger partial charge is 0.0158 e. The van der Waals surface area contributed by atoms with E-state index in [9.17, 15) is 0 Å². The molecular weight excluding hydrogens is 324 g/mol. The molecule has 0 heterocycles. The van der Waals surface area contributed by atoms with Crippen LogP contribution in [0, 0.1) is 0 Å². The van der Waals surface area contributed by atoms with Gasteiger partial charge in [0.2, 0.25) is 0 Å². The highest BCUT2D eigenvalue weighted by atomic mass is 14.4. The Labute approximate surface area is 165 Å². The van der Waals surface area contributed by atoms with Crippen molar-refractivity contribution in [1.29, 1.82) is 0 Å². The molecule has 2 aromatic carbocycles. The minimum absolute atomic E-state index is 0.00521. The van der Waals surface area contributed by atoms with Crippen LogP contribution in [0.3, 0.4) is 0 Å². The molecule has 0 saturated heterocycles. The number of fused-ring (bicyclic) bond motifs is 4. The molecule has 27 heavy (non-hydrogen) atoms. The van der Waals surface area contributed by atoms with Gasteiger partial charge in [0.25, 0.3) is 0 Å². The van der Waals surface area contributed by atoms with Crippen molar-refractivity contribution in [3.63, 3.8) is 0 Å². The van der Waals surface area contributed by atoms with Crippen molar-refractivity contribution in [1.82, 2.24) is 0 Å². The molecule has 0 bridgehead atoms. The van der Waals surface area contributed by atoms with E-state index in [0.29, 0.717) is 0 Å². The average molecular weight is 357 g/mol. The van der Waals surface area contributed by atoms with Crippen molar-refractivity contribution in [2.75, 3.05) is 0 Å². The van der Waals surface area contributed by atoms with Gasteiger partial charge in [-0.3, -0.25) is 0 Å². The number of allylic oxidation sites excluding steroid dienone is 5. The van der Waals surface area contributed by atoms with E-state index < -0.39 is 0 Å². The van der Waals surface area contributed by atoms with Crippen LogP contribution in [0.5, 0.6) is 0 Å². The first-order chi connectivity index (χ1) is 12.8. The van der Waals surface area contributed by atoms with Crippen molar-refractivity contribution in [2.45, 2.75) is 59.3 Å². The zero-order valence-corrected chi connectivity index (χ0v) is 17.9. The van der Waals surface area contributed by atoms with Gasteiger partial charge in [-0.05, 0) is 57.5 Å². The number of benzene rings is 2. The Morgan fingerprint density at radius 3 is 2.04 bits per heavy atom. The minimum atomic E-state index is 0.00521. The summed E-state index contributed by atoms with van der Waals surface area (Å²) in [6.45, 7) is 19.6. The molecule has 0 fully saturated rings. The first-order valence-corrected chi connectivity index (χ1v) is 10.1. The van der Waals surface area contributed by atoms with Crippen LogP contribution in [0.25, 0.3) is 16.7 Å². The van der Waals surface area contributed by atoms with Gasteiger partial charge in [0, 0.05) is 10.8 Å². The fourth-order valence-corrected chi connectivity index (χ4v) is 4.80. The molecule has 0 nitrogen and oxygen atoms in total. The second-order valence-corrected chi connectivity index (χ2v) is 8.27. The van der Waals surface area contributed by atoms with Crippen molar-refractivity contribution in [3.05, 3.63) is 89.0 Å². The third-order valence-electron chi connectivity index (χ3n) is 6.19. The van der Waals surface area contributed by atoms with E-state index in [1.165, 1.54) is 44.5 Å². The number of rotatable bonds is 2. The van der Waals surface area contributed by atoms with E-state index in [-0.39, 0.29) is 10.8 Å². The maximum Gasteiger partial charge on any atom is 0.0158 e. The molecular formula is C27H32. The van der Waals surface area contributed by atoms with Gasteiger partial charge in [-0.2, -0.15) is 0 Å². The van der Waals surface area contributed by atoms with Gasteiger partial charge >= 0.3 is 0 Å². The lowest BCUT2D eigenvalue weighted by Crippen LogP contribution is -2.19. The van der Waals surface area contributed by atoms with Crippen molar-refractivity contribution >= 4 is 5.57 Å². The fraction of sp³-hybridized carbons (Fsp3) is 0.333. The van der Waals surface area contributed by atoms with E-state index in [0.717, 1.165) is 0 Å². The zero-order chi connectivity index (χ0) is 20.0. The lowest BCUT2D eigenvalue weighted by atomic mass is 9.77.